The summed E-state index contributed by atoms with van der Waals surface area (Å²) in [6, 6.07) is 17.3. The lowest BCUT2D eigenvalue weighted by molar-refractivity contribution is 0.0605. The molecule has 0 unspecified atom stereocenters. The summed E-state index contributed by atoms with van der Waals surface area (Å²) in [4.78, 5) is 34.3. The van der Waals surface area contributed by atoms with Crippen molar-refractivity contribution in [3.8, 4) is 11.3 Å². The first-order valence-corrected chi connectivity index (χ1v) is 10.1. The van der Waals surface area contributed by atoms with E-state index in [1.807, 2.05) is 55.5 Å². The molecule has 7 heteroatoms. The second-order valence-electron chi connectivity index (χ2n) is 6.82. The molecule has 150 valence electrons. The van der Waals surface area contributed by atoms with Gasteiger partial charge >= 0.3 is 5.97 Å². The van der Waals surface area contributed by atoms with E-state index >= 15 is 0 Å². The number of aromatic nitrogens is 2. The van der Waals surface area contributed by atoms with Gasteiger partial charge in [-0.2, -0.15) is 0 Å². The van der Waals surface area contributed by atoms with Crippen LogP contribution in [-0.2, 0) is 4.74 Å². The lowest BCUT2D eigenvalue weighted by Gasteiger charge is -2.10. The van der Waals surface area contributed by atoms with Gasteiger partial charge in [0, 0.05) is 10.9 Å². The predicted molar refractivity (Wildman–Crippen MR) is 118 cm³/mol. The van der Waals surface area contributed by atoms with Gasteiger partial charge in [0.15, 0.2) is 5.13 Å². The van der Waals surface area contributed by atoms with Crippen LogP contribution in [0.25, 0.3) is 22.2 Å². The monoisotopic (exact) mass is 417 g/mol. The second-order valence-corrected chi connectivity index (χ2v) is 7.82. The van der Waals surface area contributed by atoms with Gasteiger partial charge in [0.05, 0.1) is 29.6 Å². The van der Waals surface area contributed by atoms with Crippen molar-refractivity contribution in [2.75, 3.05) is 12.4 Å². The number of carbonyl (C=O) groups is 2. The third kappa shape index (κ3) is 3.79. The van der Waals surface area contributed by atoms with Crippen LogP contribution in [-0.4, -0.2) is 29.0 Å². The number of carbonyl (C=O) groups excluding carboxylic acids is 2. The first-order valence-electron chi connectivity index (χ1n) is 9.30. The van der Waals surface area contributed by atoms with Crippen LogP contribution in [0.2, 0.25) is 0 Å². The molecule has 0 radical (unpaired) electrons. The number of ether oxygens (including phenoxy) is 1. The molecule has 2 aromatic carbocycles. The number of methoxy groups -OCH3 is 1. The highest BCUT2D eigenvalue weighted by molar-refractivity contribution is 7.17. The van der Waals surface area contributed by atoms with E-state index in [4.69, 9.17) is 9.72 Å². The SMILES string of the molecule is COC(=O)c1sc(NC(=O)c2cc(-c3ccc(C)cc3)nc3ccccc23)nc1C. The minimum Gasteiger partial charge on any atom is -0.465 e. The standard InChI is InChI=1S/C23H19N3O3S/c1-13-8-10-15(11-9-13)19-12-17(16-6-4-5-7-18(16)25-19)21(27)26-23-24-14(2)20(30-23)22(28)29-3/h4-12H,1-3H3,(H,24,26,27). The molecular formula is C23H19N3O3S. The third-order valence-electron chi connectivity index (χ3n) is 4.70. The zero-order chi connectivity index (χ0) is 21.3. The van der Waals surface area contributed by atoms with Gasteiger partial charge in [-0.3, -0.25) is 10.1 Å². The first-order chi connectivity index (χ1) is 14.5. The normalized spacial score (nSPS) is 10.8. The summed E-state index contributed by atoms with van der Waals surface area (Å²) in [5.41, 5.74) is 4.53. The summed E-state index contributed by atoms with van der Waals surface area (Å²) < 4.78 is 4.76. The van der Waals surface area contributed by atoms with Crippen LogP contribution >= 0.6 is 11.3 Å². The fourth-order valence-corrected chi connectivity index (χ4v) is 4.01. The molecule has 30 heavy (non-hydrogen) atoms. The number of nitrogens with zero attached hydrogens (tertiary/aromatic N) is 2. The Balaban J connectivity index is 1.75. The van der Waals surface area contributed by atoms with Crippen LogP contribution in [0.1, 0.15) is 31.3 Å². The number of para-hydroxylation sites is 1. The quantitative estimate of drug-likeness (QED) is 0.472. The highest BCUT2D eigenvalue weighted by Gasteiger charge is 2.19. The maximum absolute atomic E-state index is 13.1. The van der Waals surface area contributed by atoms with Crippen LogP contribution in [0.4, 0.5) is 5.13 Å². The number of thiazole rings is 1. The van der Waals surface area contributed by atoms with E-state index in [1.165, 1.54) is 7.11 Å². The van der Waals surface area contributed by atoms with Gasteiger partial charge in [-0.05, 0) is 26.0 Å². The summed E-state index contributed by atoms with van der Waals surface area (Å²) in [5, 5.41) is 3.90. The average molecular weight is 417 g/mol. The van der Waals surface area contributed by atoms with E-state index in [-0.39, 0.29) is 5.91 Å². The molecule has 2 aromatic heterocycles. The molecule has 6 nitrogen and oxygen atoms in total. The van der Waals surface area contributed by atoms with Crippen LogP contribution in [0.5, 0.6) is 0 Å². The molecule has 2 heterocycles. The van der Waals surface area contributed by atoms with Gasteiger partial charge in [-0.25, -0.2) is 14.8 Å². The van der Waals surface area contributed by atoms with E-state index in [0.29, 0.717) is 27.0 Å². The Kier molecular flexibility index (Phi) is 5.29. The molecule has 0 fully saturated rings. The smallest absolute Gasteiger partial charge is 0.350 e. The largest absolute Gasteiger partial charge is 0.465 e. The summed E-state index contributed by atoms with van der Waals surface area (Å²) in [5.74, 6) is -0.784. The lowest BCUT2D eigenvalue weighted by Crippen LogP contribution is -2.13. The van der Waals surface area contributed by atoms with Crippen LogP contribution in [0, 0.1) is 13.8 Å². The molecule has 0 saturated heterocycles. The van der Waals surface area contributed by atoms with Crippen molar-refractivity contribution in [3.05, 3.63) is 76.3 Å². The fraction of sp³-hybridized carbons (Fsp3) is 0.130. The zero-order valence-electron chi connectivity index (χ0n) is 16.7. The van der Waals surface area contributed by atoms with Crippen molar-refractivity contribution >= 4 is 39.2 Å². The molecule has 0 saturated carbocycles. The first kappa shape index (κ1) is 19.7. The summed E-state index contributed by atoms with van der Waals surface area (Å²) in [6.45, 7) is 3.73. The van der Waals surface area contributed by atoms with Crippen molar-refractivity contribution in [1.82, 2.24) is 9.97 Å². The number of nitrogens with one attached hydrogen (secondary N) is 1. The van der Waals surface area contributed by atoms with Crippen LogP contribution in [0.3, 0.4) is 0 Å². The number of aryl methyl sites for hydroxylation is 2. The molecular weight excluding hydrogens is 398 g/mol. The van der Waals surface area contributed by atoms with E-state index in [1.54, 1.807) is 13.0 Å². The van der Waals surface area contributed by atoms with Gasteiger partial charge in [0.1, 0.15) is 4.88 Å². The average Bonchev–Trinajstić information content (AvgIpc) is 3.12. The van der Waals surface area contributed by atoms with Gasteiger partial charge in [0.2, 0.25) is 0 Å². The molecule has 1 amide bonds. The summed E-state index contributed by atoms with van der Waals surface area (Å²) in [7, 11) is 1.31. The number of anilines is 1. The number of fused-ring (bicyclic) bond motifs is 1. The zero-order valence-corrected chi connectivity index (χ0v) is 17.5. The fourth-order valence-electron chi connectivity index (χ4n) is 3.13. The molecule has 0 aliphatic rings. The van der Waals surface area contributed by atoms with E-state index in [0.717, 1.165) is 33.4 Å². The minimum absolute atomic E-state index is 0.313. The molecule has 4 rings (SSSR count). The number of hydrogen-bond acceptors (Lipinski definition) is 6. The molecule has 0 atom stereocenters. The number of rotatable bonds is 4. The van der Waals surface area contributed by atoms with Crippen LogP contribution < -0.4 is 5.32 Å². The van der Waals surface area contributed by atoms with Crippen molar-refractivity contribution in [3.63, 3.8) is 0 Å². The molecule has 0 aliphatic carbocycles. The molecule has 1 N–H and O–H groups in total. The van der Waals surface area contributed by atoms with Gasteiger partial charge in [0.25, 0.3) is 5.91 Å². The molecule has 0 spiro atoms. The summed E-state index contributed by atoms with van der Waals surface area (Å²) in [6.07, 6.45) is 0. The minimum atomic E-state index is -0.471. The molecule has 0 aliphatic heterocycles. The number of pyridine rings is 1. The van der Waals surface area contributed by atoms with E-state index < -0.39 is 5.97 Å². The Morgan fingerprint density at radius 2 is 1.73 bits per heavy atom. The number of hydrogen-bond donors (Lipinski definition) is 1. The van der Waals surface area contributed by atoms with E-state index in [9.17, 15) is 9.59 Å². The highest BCUT2D eigenvalue weighted by atomic mass is 32.1. The number of amides is 1. The maximum atomic E-state index is 13.1. The number of benzene rings is 2. The highest BCUT2D eigenvalue weighted by Crippen LogP contribution is 2.28. The Morgan fingerprint density at radius 3 is 2.47 bits per heavy atom. The summed E-state index contributed by atoms with van der Waals surface area (Å²) >= 11 is 1.09. The Hall–Kier alpha value is -3.58. The Bertz CT molecular complexity index is 1260. The van der Waals surface area contributed by atoms with Crippen molar-refractivity contribution in [1.29, 1.82) is 0 Å². The molecule has 4 aromatic rings. The van der Waals surface area contributed by atoms with Crippen molar-refractivity contribution in [2.45, 2.75) is 13.8 Å². The lowest BCUT2D eigenvalue weighted by atomic mass is 10.0. The second kappa shape index (κ2) is 8.04. The van der Waals surface area contributed by atoms with Crippen LogP contribution in [0.15, 0.2) is 54.6 Å². The van der Waals surface area contributed by atoms with Gasteiger partial charge in [-0.15, -0.1) is 0 Å². The Morgan fingerprint density at radius 1 is 1.00 bits per heavy atom. The van der Waals surface area contributed by atoms with Gasteiger partial charge in [-0.1, -0.05) is 59.4 Å². The third-order valence-corrected chi connectivity index (χ3v) is 5.75. The van der Waals surface area contributed by atoms with E-state index in [2.05, 4.69) is 10.3 Å². The maximum Gasteiger partial charge on any atom is 0.350 e. The Labute approximate surface area is 177 Å². The molecule has 0 bridgehead atoms. The topological polar surface area (TPSA) is 81.2 Å². The number of esters is 1. The van der Waals surface area contributed by atoms with Crippen molar-refractivity contribution in [2.24, 2.45) is 0 Å². The predicted octanol–water partition coefficient (Wildman–Crippen LogP) is 5.01. The van der Waals surface area contributed by atoms with Crippen molar-refractivity contribution < 1.29 is 14.3 Å². The van der Waals surface area contributed by atoms with Gasteiger partial charge < -0.3 is 4.74 Å².